The van der Waals surface area contributed by atoms with Gasteiger partial charge in [0.2, 0.25) is 5.91 Å². The van der Waals surface area contributed by atoms with Gasteiger partial charge in [-0.15, -0.1) is 0 Å². The van der Waals surface area contributed by atoms with Crippen molar-refractivity contribution in [3.63, 3.8) is 0 Å². The molecule has 1 saturated heterocycles. The van der Waals surface area contributed by atoms with Crippen LogP contribution in [0.4, 0.5) is 0 Å². The lowest BCUT2D eigenvalue weighted by Gasteiger charge is -2.46. The number of amides is 1. The highest BCUT2D eigenvalue weighted by Gasteiger charge is 2.45. The third-order valence-corrected chi connectivity index (χ3v) is 4.77. The summed E-state index contributed by atoms with van der Waals surface area (Å²) in [6.45, 7) is 2.62. The number of β-lactam (4-membered cyclic amide) rings is 1. The number of benzene rings is 2. The van der Waals surface area contributed by atoms with Crippen molar-refractivity contribution in [3.05, 3.63) is 59.2 Å². The lowest BCUT2D eigenvalue weighted by Crippen LogP contribution is -2.62. The van der Waals surface area contributed by atoms with Crippen molar-refractivity contribution in [2.24, 2.45) is 5.73 Å². The molecule has 2 aromatic rings. The van der Waals surface area contributed by atoms with Gasteiger partial charge in [-0.3, -0.25) is 4.79 Å². The first-order valence-corrected chi connectivity index (χ1v) is 8.44. The summed E-state index contributed by atoms with van der Waals surface area (Å²) in [4.78, 5) is 14.1. The molecule has 0 radical (unpaired) electrons. The van der Waals surface area contributed by atoms with Gasteiger partial charge in [0.1, 0.15) is 6.04 Å². The van der Waals surface area contributed by atoms with Crippen LogP contribution in [0.5, 0.6) is 11.5 Å². The first-order valence-electron chi connectivity index (χ1n) is 8.44. The fourth-order valence-electron chi connectivity index (χ4n) is 3.27. The third-order valence-electron chi connectivity index (χ3n) is 4.77. The third kappa shape index (κ3) is 3.20. The molecule has 1 heterocycles. The molecule has 3 rings (SSSR count). The molecule has 0 aromatic heterocycles. The number of likely N-dealkylation sites (tertiary alicyclic amines) is 1. The molecule has 0 spiro atoms. The van der Waals surface area contributed by atoms with Crippen LogP contribution in [-0.2, 0) is 17.8 Å². The Morgan fingerprint density at radius 3 is 2.24 bits per heavy atom. The van der Waals surface area contributed by atoms with Crippen LogP contribution in [0.25, 0.3) is 0 Å². The summed E-state index contributed by atoms with van der Waals surface area (Å²) in [7, 11) is 3.20. The second-order valence-corrected chi connectivity index (χ2v) is 6.22. The number of carbonyl (C=O) groups excluding carboxylic acids is 1. The zero-order valence-corrected chi connectivity index (χ0v) is 14.9. The molecule has 1 aliphatic heterocycles. The van der Waals surface area contributed by atoms with Gasteiger partial charge in [-0.25, -0.2) is 0 Å². The molecule has 132 valence electrons. The Bertz CT molecular complexity index is 758. The molecule has 0 aliphatic carbocycles. The number of aryl methyl sites for hydroxylation is 1. The number of carbonyl (C=O) groups is 1. The molecule has 5 heteroatoms. The van der Waals surface area contributed by atoms with E-state index < -0.39 is 6.04 Å². The highest BCUT2D eigenvalue weighted by atomic mass is 16.5. The van der Waals surface area contributed by atoms with Crippen LogP contribution in [-0.4, -0.2) is 31.1 Å². The van der Waals surface area contributed by atoms with E-state index in [1.165, 1.54) is 5.56 Å². The summed E-state index contributed by atoms with van der Waals surface area (Å²) in [5, 5.41) is 0. The highest BCUT2D eigenvalue weighted by Crippen LogP contribution is 2.36. The number of rotatable bonds is 6. The second kappa shape index (κ2) is 7.15. The van der Waals surface area contributed by atoms with E-state index in [1.807, 2.05) is 23.1 Å². The van der Waals surface area contributed by atoms with Crippen LogP contribution in [0, 0.1) is 0 Å². The highest BCUT2D eigenvalue weighted by molar-refractivity contribution is 5.89. The van der Waals surface area contributed by atoms with Crippen molar-refractivity contribution in [2.75, 3.05) is 14.2 Å². The maximum Gasteiger partial charge on any atom is 0.242 e. The summed E-state index contributed by atoms with van der Waals surface area (Å²) in [6.07, 6.45) is 0.991. The molecule has 2 N–H and O–H groups in total. The minimum Gasteiger partial charge on any atom is -0.493 e. The van der Waals surface area contributed by atoms with Crippen LogP contribution >= 0.6 is 0 Å². The van der Waals surface area contributed by atoms with E-state index in [1.54, 1.807) is 14.2 Å². The van der Waals surface area contributed by atoms with Gasteiger partial charge in [0.25, 0.3) is 0 Å². The van der Waals surface area contributed by atoms with Gasteiger partial charge >= 0.3 is 0 Å². The molecule has 1 aliphatic rings. The normalized spacial score (nSPS) is 19.5. The van der Waals surface area contributed by atoms with Crippen molar-refractivity contribution in [1.82, 2.24) is 4.90 Å². The Hall–Kier alpha value is -2.53. The minimum absolute atomic E-state index is 0.0284. The van der Waals surface area contributed by atoms with E-state index >= 15 is 0 Å². The van der Waals surface area contributed by atoms with Crippen LogP contribution < -0.4 is 15.2 Å². The van der Waals surface area contributed by atoms with E-state index in [-0.39, 0.29) is 11.9 Å². The number of hydrogen-bond donors (Lipinski definition) is 1. The smallest absolute Gasteiger partial charge is 0.242 e. The summed E-state index contributed by atoms with van der Waals surface area (Å²) in [5.41, 5.74) is 9.40. The number of nitrogens with two attached hydrogens (primary N) is 1. The van der Waals surface area contributed by atoms with Gasteiger partial charge in [-0.1, -0.05) is 37.3 Å². The minimum atomic E-state index is -0.479. The van der Waals surface area contributed by atoms with Crippen LogP contribution in [0.3, 0.4) is 0 Å². The van der Waals surface area contributed by atoms with Gasteiger partial charge in [0, 0.05) is 6.54 Å². The number of nitrogens with zero attached hydrogens (tertiary/aromatic N) is 1. The topological polar surface area (TPSA) is 64.8 Å². The lowest BCUT2D eigenvalue weighted by molar-refractivity contribution is -0.150. The SMILES string of the molecule is CCc1ccc([C@H]2[C@@H](N)C(=O)N2Cc2ccc(OC)c(OC)c2)cc1. The Morgan fingerprint density at radius 1 is 1.00 bits per heavy atom. The summed E-state index contributed by atoms with van der Waals surface area (Å²) in [6, 6.07) is 13.4. The summed E-state index contributed by atoms with van der Waals surface area (Å²) < 4.78 is 10.6. The van der Waals surface area contributed by atoms with E-state index in [2.05, 4.69) is 31.2 Å². The van der Waals surface area contributed by atoms with Crippen LogP contribution in [0.1, 0.15) is 29.7 Å². The average molecular weight is 340 g/mol. The second-order valence-electron chi connectivity index (χ2n) is 6.22. The Morgan fingerprint density at radius 2 is 1.64 bits per heavy atom. The van der Waals surface area contributed by atoms with Gasteiger partial charge < -0.3 is 20.1 Å². The van der Waals surface area contributed by atoms with Gasteiger partial charge in [0.05, 0.1) is 20.3 Å². The van der Waals surface area contributed by atoms with Crippen LogP contribution in [0.15, 0.2) is 42.5 Å². The van der Waals surface area contributed by atoms with Crippen LogP contribution in [0.2, 0.25) is 0 Å². The van der Waals surface area contributed by atoms with E-state index in [0.29, 0.717) is 18.0 Å². The predicted molar refractivity (Wildman–Crippen MR) is 96.6 cm³/mol. The maximum absolute atomic E-state index is 12.3. The van der Waals surface area contributed by atoms with E-state index in [4.69, 9.17) is 15.2 Å². The summed E-state index contributed by atoms with van der Waals surface area (Å²) in [5.74, 6) is 1.30. The standard InChI is InChI=1S/C20H24N2O3/c1-4-13-5-8-15(9-6-13)19-18(21)20(23)22(19)12-14-7-10-16(24-2)17(11-14)25-3/h5-11,18-19H,4,12,21H2,1-3H3/t18-,19+/m1/s1. The number of methoxy groups -OCH3 is 2. The lowest BCUT2D eigenvalue weighted by atomic mass is 9.88. The molecule has 1 amide bonds. The fraction of sp³-hybridized carbons (Fsp3) is 0.350. The first-order chi connectivity index (χ1) is 12.1. The molecule has 0 bridgehead atoms. The molecule has 2 aromatic carbocycles. The molecule has 5 nitrogen and oxygen atoms in total. The maximum atomic E-state index is 12.3. The Kier molecular flexibility index (Phi) is 4.95. The van der Waals surface area contributed by atoms with E-state index in [0.717, 1.165) is 17.5 Å². The first kappa shape index (κ1) is 17.3. The fourth-order valence-corrected chi connectivity index (χ4v) is 3.27. The average Bonchev–Trinajstić information content (AvgIpc) is 2.67. The predicted octanol–water partition coefficient (Wildman–Crippen LogP) is 2.68. The van der Waals surface area contributed by atoms with Crippen molar-refractivity contribution in [1.29, 1.82) is 0 Å². The van der Waals surface area contributed by atoms with Crippen molar-refractivity contribution < 1.29 is 14.3 Å². The monoisotopic (exact) mass is 340 g/mol. The summed E-state index contributed by atoms with van der Waals surface area (Å²) >= 11 is 0. The Balaban J connectivity index is 1.81. The quantitative estimate of drug-likeness (QED) is 0.821. The molecular formula is C20H24N2O3. The molecular weight excluding hydrogens is 316 g/mol. The molecule has 2 atom stereocenters. The zero-order valence-electron chi connectivity index (χ0n) is 14.9. The molecule has 0 saturated carbocycles. The number of hydrogen-bond acceptors (Lipinski definition) is 4. The van der Waals surface area contributed by atoms with Crippen molar-refractivity contribution in [2.45, 2.75) is 32.0 Å². The van der Waals surface area contributed by atoms with Crippen molar-refractivity contribution >= 4 is 5.91 Å². The van der Waals surface area contributed by atoms with Gasteiger partial charge in [-0.05, 0) is 35.2 Å². The van der Waals surface area contributed by atoms with Gasteiger partial charge in [0.15, 0.2) is 11.5 Å². The molecule has 0 unspecified atom stereocenters. The Labute approximate surface area is 148 Å². The van der Waals surface area contributed by atoms with Gasteiger partial charge in [-0.2, -0.15) is 0 Å². The zero-order chi connectivity index (χ0) is 18.0. The largest absolute Gasteiger partial charge is 0.493 e. The molecule has 25 heavy (non-hydrogen) atoms. The van der Waals surface area contributed by atoms with E-state index in [9.17, 15) is 4.79 Å². The van der Waals surface area contributed by atoms with Crippen molar-refractivity contribution in [3.8, 4) is 11.5 Å². The number of ether oxygens (including phenoxy) is 2. The molecule has 1 fully saturated rings.